The van der Waals surface area contributed by atoms with E-state index in [0.717, 1.165) is 17.0 Å². The molecule has 0 saturated heterocycles. The van der Waals surface area contributed by atoms with Crippen LogP contribution >= 0.6 is 11.6 Å². The summed E-state index contributed by atoms with van der Waals surface area (Å²) in [5, 5.41) is 3.55. The van der Waals surface area contributed by atoms with Gasteiger partial charge in [0, 0.05) is 10.7 Å². The van der Waals surface area contributed by atoms with Gasteiger partial charge in [-0.05, 0) is 55.8 Å². The van der Waals surface area contributed by atoms with Crippen LogP contribution in [0, 0.1) is 0 Å². The van der Waals surface area contributed by atoms with E-state index in [1.807, 2.05) is 38.1 Å². The van der Waals surface area contributed by atoms with Crippen LogP contribution in [0.4, 0.5) is 5.69 Å². The van der Waals surface area contributed by atoms with Gasteiger partial charge in [-0.1, -0.05) is 23.7 Å². The van der Waals surface area contributed by atoms with Crippen molar-refractivity contribution in [1.82, 2.24) is 0 Å². The molecule has 4 heteroatoms. The first-order chi connectivity index (χ1) is 9.93. The van der Waals surface area contributed by atoms with Crippen molar-refractivity contribution in [3.8, 4) is 5.75 Å². The summed E-state index contributed by atoms with van der Waals surface area (Å²) in [4.78, 5) is 12.5. The molecular formula is C17H18ClNO2. The number of ether oxygens (including phenoxy) is 1. The summed E-state index contributed by atoms with van der Waals surface area (Å²) in [7, 11) is 1.62. The number of carbonyl (C=O) groups is 1. The number of carbonyl (C=O) groups excluding carboxylic acids is 1. The van der Waals surface area contributed by atoms with E-state index in [2.05, 4.69) is 5.32 Å². The highest BCUT2D eigenvalue weighted by atomic mass is 35.5. The molecule has 0 atom stereocenters. The lowest BCUT2D eigenvalue weighted by molar-refractivity contribution is -0.120. The number of hydrogen-bond acceptors (Lipinski definition) is 2. The molecule has 0 radical (unpaired) electrons. The van der Waals surface area contributed by atoms with Gasteiger partial charge >= 0.3 is 0 Å². The number of nitrogens with one attached hydrogen (secondary N) is 1. The molecule has 1 amide bonds. The summed E-state index contributed by atoms with van der Waals surface area (Å²) in [6.07, 6.45) is 0. The lowest BCUT2D eigenvalue weighted by Crippen LogP contribution is -2.34. The Bertz CT molecular complexity index is 618. The zero-order valence-corrected chi connectivity index (χ0v) is 13.1. The van der Waals surface area contributed by atoms with E-state index in [9.17, 15) is 4.79 Å². The summed E-state index contributed by atoms with van der Waals surface area (Å²) in [5.74, 6) is 0.697. The second-order valence-electron chi connectivity index (χ2n) is 5.31. The molecule has 0 aliphatic carbocycles. The van der Waals surface area contributed by atoms with Gasteiger partial charge in [0.1, 0.15) is 5.75 Å². The summed E-state index contributed by atoms with van der Waals surface area (Å²) in [6, 6.07) is 14.6. The standard InChI is InChI=1S/C17H18ClNO2/c1-17(2,12-4-10-15(21-3)11-5-12)16(20)19-14-8-6-13(18)7-9-14/h4-11H,1-3H3,(H,19,20). The van der Waals surface area contributed by atoms with Crippen LogP contribution in [0.3, 0.4) is 0 Å². The number of methoxy groups -OCH3 is 1. The average molecular weight is 304 g/mol. The van der Waals surface area contributed by atoms with Gasteiger partial charge in [0.15, 0.2) is 0 Å². The number of amides is 1. The quantitative estimate of drug-likeness (QED) is 0.916. The van der Waals surface area contributed by atoms with Crippen molar-refractivity contribution in [3.05, 3.63) is 59.1 Å². The summed E-state index contributed by atoms with van der Waals surface area (Å²) < 4.78 is 5.14. The van der Waals surface area contributed by atoms with Gasteiger partial charge in [0.2, 0.25) is 5.91 Å². The van der Waals surface area contributed by atoms with Crippen LogP contribution in [0.1, 0.15) is 19.4 Å². The number of anilines is 1. The lowest BCUT2D eigenvalue weighted by atomic mass is 9.83. The molecule has 0 unspecified atom stereocenters. The lowest BCUT2D eigenvalue weighted by Gasteiger charge is -2.24. The van der Waals surface area contributed by atoms with Crippen LogP contribution in [0.5, 0.6) is 5.75 Å². The summed E-state index contributed by atoms with van der Waals surface area (Å²) in [5.41, 5.74) is 1.01. The maximum atomic E-state index is 12.5. The smallest absolute Gasteiger partial charge is 0.234 e. The Kier molecular flexibility index (Phi) is 4.53. The highest BCUT2D eigenvalue weighted by Gasteiger charge is 2.29. The van der Waals surface area contributed by atoms with Crippen LogP contribution in [0.15, 0.2) is 48.5 Å². The third kappa shape index (κ3) is 3.56. The second kappa shape index (κ2) is 6.19. The molecule has 0 saturated carbocycles. The Hall–Kier alpha value is -2.00. The zero-order valence-electron chi connectivity index (χ0n) is 12.3. The maximum Gasteiger partial charge on any atom is 0.234 e. The fourth-order valence-corrected chi connectivity index (χ4v) is 2.09. The number of rotatable bonds is 4. The molecular weight excluding hydrogens is 286 g/mol. The Morgan fingerprint density at radius 3 is 2.14 bits per heavy atom. The SMILES string of the molecule is COc1ccc(C(C)(C)C(=O)Nc2ccc(Cl)cc2)cc1. The number of halogens is 1. The Balaban J connectivity index is 2.17. The van der Waals surface area contributed by atoms with E-state index in [0.29, 0.717) is 5.02 Å². The van der Waals surface area contributed by atoms with Crippen molar-refractivity contribution in [2.75, 3.05) is 12.4 Å². The third-order valence-corrected chi connectivity index (χ3v) is 3.73. The van der Waals surface area contributed by atoms with Gasteiger partial charge in [0.25, 0.3) is 0 Å². The Labute approximate surface area is 129 Å². The zero-order chi connectivity index (χ0) is 15.5. The fraction of sp³-hybridized carbons (Fsp3) is 0.235. The van der Waals surface area contributed by atoms with E-state index in [1.54, 1.807) is 31.4 Å². The number of hydrogen-bond donors (Lipinski definition) is 1. The molecule has 21 heavy (non-hydrogen) atoms. The van der Waals surface area contributed by atoms with E-state index >= 15 is 0 Å². The van der Waals surface area contributed by atoms with Gasteiger partial charge in [-0.2, -0.15) is 0 Å². The molecule has 0 aliphatic heterocycles. The van der Waals surface area contributed by atoms with Crippen LogP contribution in [-0.2, 0) is 10.2 Å². The Morgan fingerprint density at radius 2 is 1.62 bits per heavy atom. The van der Waals surface area contributed by atoms with Crippen LogP contribution in [0.2, 0.25) is 5.02 Å². The molecule has 3 nitrogen and oxygen atoms in total. The first-order valence-corrected chi connectivity index (χ1v) is 7.03. The first-order valence-electron chi connectivity index (χ1n) is 6.65. The molecule has 0 aromatic heterocycles. The molecule has 110 valence electrons. The molecule has 2 aromatic carbocycles. The van der Waals surface area contributed by atoms with Crippen molar-refractivity contribution in [3.63, 3.8) is 0 Å². The van der Waals surface area contributed by atoms with Gasteiger partial charge in [-0.3, -0.25) is 4.79 Å². The monoisotopic (exact) mass is 303 g/mol. The van der Waals surface area contributed by atoms with Crippen molar-refractivity contribution in [1.29, 1.82) is 0 Å². The molecule has 0 spiro atoms. The van der Waals surface area contributed by atoms with Crippen LogP contribution in [0.25, 0.3) is 0 Å². The van der Waals surface area contributed by atoms with Gasteiger partial charge in [-0.25, -0.2) is 0 Å². The van der Waals surface area contributed by atoms with E-state index in [1.165, 1.54) is 0 Å². The van der Waals surface area contributed by atoms with E-state index in [4.69, 9.17) is 16.3 Å². The molecule has 2 aromatic rings. The summed E-state index contributed by atoms with van der Waals surface area (Å²) in [6.45, 7) is 3.78. The van der Waals surface area contributed by atoms with Crippen molar-refractivity contribution < 1.29 is 9.53 Å². The molecule has 1 N–H and O–H groups in total. The number of benzene rings is 2. The molecule has 2 rings (SSSR count). The van der Waals surface area contributed by atoms with E-state index < -0.39 is 5.41 Å². The fourth-order valence-electron chi connectivity index (χ4n) is 1.96. The third-order valence-electron chi connectivity index (χ3n) is 3.48. The largest absolute Gasteiger partial charge is 0.497 e. The minimum atomic E-state index is -0.647. The van der Waals surface area contributed by atoms with Crippen molar-refractivity contribution >= 4 is 23.2 Å². The average Bonchev–Trinajstić information content (AvgIpc) is 2.49. The second-order valence-corrected chi connectivity index (χ2v) is 5.75. The molecule has 0 bridgehead atoms. The first kappa shape index (κ1) is 15.4. The van der Waals surface area contributed by atoms with Crippen molar-refractivity contribution in [2.45, 2.75) is 19.3 Å². The van der Waals surface area contributed by atoms with Crippen LogP contribution in [-0.4, -0.2) is 13.0 Å². The highest BCUT2D eigenvalue weighted by Crippen LogP contribution is 2.27. The molecule has 0 aliphatic rings. The predicted octanol–water partition coefficient (Wildman–Crippen LogP) is 4.26. The van der Waals surface area contributed by atoms with Gasteiger partial charge < -0.3 is 10.1 Å². The van der Waals surface area contributed by atoms with Crippen molar-refractivity contribution in [2.24, 2.45) is 0 Å². The summed E-state index contributed by atoms with van der Waals surface area (Å²) >= 11 is 5.84. The predicted molar refractivity (Wildman–Crippen MR) is 86.1 cm³/mol. The van der Waals surface area contributed by atoms with Gasteiger partial charge in [-0.15, -0.1) is 0 Å². The molecule has 0 heterocycles. The normalized spacial score (nSPS) is 11.0. The van der Waals surface area contributed by atoms with Crippen LogP contribution < -0.4 is 10.1 Å². The minimum absolute atomic E-state index is 0.0741. The molecule has 0 fully saturated rings. The topological polar surface area (TPSA) is 38.3 Å². The minimum Gasteiger partial charge on any atom is -0.497 e. The maximum absolute atomic E-state index is 12.5. The van der Waals surface area contributed by atoms with E-state index in [-0.39, 0.29) is 5.91 Å². The highest BCUT2D eigenvalue weighted by molar-refractivity contribution is 6.30. The Morgan fingerprint density at radius 1 is 1.05 bits per heavy atom. The van der Waals surface area contributed by atoms with Gasteiger partial charge in [0.05, 0.1) is 12.5 Å².